The number of nitrogens with one attached hydrogen (secondary N) is 1. The minimum atomic E-state index is -2.16. The van der Waals surface area contributed by atoms with Gasteiger partial charge in [0.2, 0.25) is 0 Å². The van der Waals surface area contributed by atoms with Crippen LogP contribution >= 0.6 is 0 Å². The Morgan fingerprint density at radius 2 is 1.51 bits per heavy atom. The van der Waals surface area contributed by atoms with Gasteiger partial charge in [-0.05, 0) is 85.8 Å². The van der Waals surface area contributed by atoms with E-state index >= 15 is 0 Å². The van der Waals surface area contributed by atoms with Gasteiger partial charge in [0.25, 0.3) is 0 Å². The van der Waals surface area contributed by atoms with Gasteiger partial charge in [-0.1, -0.05) is 84.0 Å². The van der Waals surface area contributed by atoms with Gasteiger partial charge in [0.15, 0.2) is 33.6 Å². The number of hydrogen-bond acceptors (Lipinski definition) is 10. The van der Waals surface area contributed by atoms with Gasteiger partial charge in [0.05, 0.1) is 25.1 Å². The van der Waals surface area contributed by atoms with Gasteiger partial charge >= 0.3 is 0 Å². The number of aliphatic hydroxyl groups is 3. The van der Waals surface area contributed by atoms with E-state index in [4.69, 9.17) is 18.6 Å². The third-order valence-corrected chi connectivity index (χ3v) is 22.2. The summed E-state index contributed by atoms with van der Waals surface area (Å²) in [4.78, 5) is 14.1. The lowest BCUT2D eigenvalue weighted by atomic mass is 9.77. The van der Waals surface area contributed by atoms with Crippen molar-refractivity contribution in [3.63, 3.8) is 0 Å². The molecule has 6 aromatic rings. The normalized spacial score (nSPS) is 25.4. The lowest BCUT2D eigenvalue weighted by Gasteiger charge is -2.40. The number of hydrogen-bond donors (Lipinski definition) is 4. The van der Waals surface area contributed by atoms with Crippen LogP contribution in [0.5, 0.6) is 0 Å². The summed E-state index contributed by atoms with van der Waals surface area (Å²) in [5, 5.41) is 44.0. The molecule has 55 heavy (non-hydrogen) atoms. The van der Waals surface area contributed by atoms with Gasteiger partial charge in [-0.25, -0.2) is 15.0 Å². The minimum Gasteiger partial charge on any atom is -0.414 e. The molecule has 11 nitrogen and oxygen atoms in total. The molecule has 3 heterocycles. The topological polar surface area (TPSA) is 144 Å². The van der Waals surface area contributed by atoms with E-state index in [1.54, 1.807) is 6.33 Å². The summed E-state index contributed by atoms with van der Waals surface area (Å²) >= 11 is 0. The Morgan fingerprint density at radius 1 is 0.836 bits per heavy atom. The van der Waals surface area contributed by atoms with Crippen molar-refractivity contribution in [1.29, 1.82) is 0 Å². The van der Waals surface area contributed by atoms with Crippen molar-refractivity contribution in [2.75, 3.05) is 11.9 Å². The molecule has 4 aromatic carbocycles. The molecular formula is C42H55N5O6Si2. The fourth-order valence-corrected chi connectivity index (χ4v) is 10.2. The first-order valence-corrected chi connectivity index (χ1v) is 25.2. The maximum absolute atomic E-state index is 11.6. The molecule has 0 radical (unpaired) electrons. The Balaban J connectivity index is 1.15. The number of ether oxygens (including phenoxy) is 1. The summed E-state index contributed by atoms with van der Waals surface area (Å²) in [6, 6.07) is 15.6. The molecule has 0 bridgehead atoms. The molecule has 2 aromatic heterocycles. The van der Waals surface area contributed by atoms with Crippen molar-refractivity contribution in [3.05, 3.63) is 72.3 Å². The van der Waals surface area contributed by atoms with E-state index in [0.29, 0.717) is 35.6 Å². The molecule has 8 rings (SSSR count). The molecule has 0 unspecified atom stereocenters. The first-order valence-electron chi connectivity index (χ1n) is 19.4. The molecular weight excluding hydrogens is 727 g/mol. The molecule has 292 valence electrons. The van der Waals surface area contributed by atoms with Crippen molar-refractivity contribution in [2.24, 2.45) is 0 Å². The van der Waals surface area contributed by atoms with Crippen LogP contribution in [0.3, 0.4) is 0 Å². The van der Waals surface area contributed by atoms with Crippen molar-refractivity contribution < 1.29 is 28.9 Å². The third kappa shape index (κ3) is 6.36. The molecule has 1 fully saturated rings. The summed E-state index contributed by atoms with van der Waals surface area (Å²) in [6.45, 7) is 23.0. The maximum Gasteiger partial charge on any atom is 0.192 e. The summed E-state index contributed by atoms with van der Waals surface area (Å²) in [5.41, 5.74) is 2.36. The van der Waals surface area contributed by atoms with Crippen LogP contribution in [0.15, 0.2) is 61.2 Å². The van der Waals surface area contributed by atoms with Crippen LogP contribution in [0.2, 0.25) is 36.3 Å². The van der Waals surface area contributed by atoms with Gasteiger partial charge in [-0.3, -0.25) is 4.57 Å². The lowest BCUT2D eigenvalue weighted by molar-refractivity contribution is -0.0766. The van der Waals surface area contributed by atoms with E-state index in [1.807, 2.05) is 22.8 Å². The highest BCUT2D eigenvalue weighted by Gasteiger charge is 2.47. The molecule has 13 heteroatoms. The standard InChI is InChI=1S/C42H55N5O6Si2/c1-41(2,3)54(7,8)51-20-29-28(53-55(9,10)42(4,5)6)19-30(52-29)47-22-45-35-39(43-21-44-40(35)47)46-34-33-26-17-16-24-13-11-12-23-14-15-25(32(26)31(23)24)18-27(33)36(48)38(50)37(34)49/h11-18,21-22,28-30,34,36-38,48-50H,19-20H2,1-10H3,(H,43,44,46)/t28-,29+,30+,34-,36+,37-,38-/m0/s1. The fraction of sp³-hybridized carbons (Fsp3) is 0.500. The molecule has 7 atom stereocenters. The van der Waals surface area contributed by atoms with Crippen LogP contribution in [0.1, 0.15) is 77.5 Å². The van der Waals surface area contributed by atoms with Crippen LogP contribution in [-0.4, -0.2) is 82.5 Å². The molecule has 1 saturated heterocycles. The van der Waals surface area contributed by atoms with Gasteiger partial charge in [-0.15, -0.1) is 0 Å². The number of aromatic nitrogens is 4. The number of benzene rings is 4. The molecule has 0 saturated carbocycles. The zero-order chi connectivity index (χ0) is 39.4. The molecule has 0 spiro atoms. The van der Waals surface area contributed by atoms with Crippen molar-refractivity contribution in [3.8, 4) is 0 Å². The van der Waals surface area contributed by atoms with Gasteiger partial charge in [0, 0.05) is 6.42 Å². The number of rotatable bonds is 8. The van der Waals surface area contributed by atoms with Gasteiger partial charge in [0.1, 0.15) is 37.0 Å². The third-order valence-electron chi connectivity index (χ3n) is 13.2. The van der Waals surface area contributed by atoms with E-state index in [2.05, 4.69) is 113 Å². The van der Waals surface area contributed by atoms with Crippen molar-refractivity contribution >= 4 is 65.9 Å². The average molecular weight is 782 g/mol. The highest BCUT2D eigenvalue weighted by molar-refractivity contribution is 6.74. The van der Waals surface area contributed by atoms with Crippen molar-refractivity contribution in [1.82, 2.24) is 19.5 Å². The number of aliphatic hydroxyl groups excluding tert-OH is 3. The van der Waals surface area contributed by atoms with E-state index < -0.39 is 47.2 Å². The molecule has 1 aliphatic heterocycles. The summed E-state index contributed by atoms with van der Waals surface area (Å²) < 4.78 is 22.5. The zero-order valence-corrected chi connectivity index (χ0v) is 35.6. The molecule has 1 aliphatic carbocycles. The Kier molecular flexibility index (Phi) is 9.25. The second-order valence-electron chi connectivity index (χ2n) is 18.7. The van der Waals surface area contributed by atoms with Gasteiger partial charge < -0.3 is 34.2 Å². The predicted molar refractivity (Wildman–Crippen MR) is 223 cm³/mol. The van der Waals surface area contributed by atoms with E-state index in [-0.39, 0.29) is 22.3 Å². The smallest absolute Gasteiger partial charge is 0.192 e. The maximum atomic E-state index is 11.6. The van der Waals surface area contributed by atoms with Crippen LogP contribution in [0.4, 0.5) is 5.82 Å². The second-order valence-corrected chi connectivity index (χ2v) is 28.2. The van der Waals surface area contributed by atoms with Crippen LogP contribution in [0.25, 0.3) is 43.5 Å². The van der Waals surface area contributed by atoms with Crippen LogP contribution < -0.4 is 5.32 Å². The molecule has 4 N–H and O–H groups in total. The van der Waals surface area contributed by atoms with E-state index in [0.717, 1.165) is 37.9 Å². The van der Waals surface area contributed by atoms with Gasteiger partial charge in [-0.2, -0.15) is 0 Å². The lowest BCUT2D eigenvalue weighted by Crippen LogP contribution is -2.48. The number of imidazole rings is 1. The summed E-state index contributed by atoms with van der Waals surface area (Å²) in [7, 11) is -4.22. The Bertz CT molecular complexity index is 2370. The number of nitrogens with zero attached hydrogens (tertiary/aromatic N) is 4. The monoisotopic (exact) mass is 781 g/mol. The second kappa shape index (κ2) is 13.3. The molecule has 0 amide bonds. The number of anilines is 1. The largest absolute Gasteiger partial charge is 0.414 e. The van der Waals surface area contributed by atoms with E-state index in [9.17, 15) is 15.3 Å². The minimum absolute atomic E-state index is 0.0211. The van der Waals surface area contributed by atoms with Crippen LogP contribution in [-0.2, 0) is 13.6 Å². The highest BCUT2D eigenvalue weighted by atomic mass is 28.4. The first-order chi connectivity index (χ1) is 25.8. The average Bonchev–Trinajstić information content (AvgIpc) is 3.73. The van der Waals surface area contributed by atoms with Crippen LogP contribution in [0, 0.1) is 0 Å². The zero-order valence-electron chi connectivity index (χ0n) is 33.6. The summed E-state index contributed by atoms with van der Waals surface area (Å²) in [5.74, 6) is 0.401. The predicted octanol–water partition coefficient (Wildman–Crippen LogP) is 8.35. The van der Waals surface area contributed by atoms with Crippen molar-refractivity contribution in [2.45, 2.75) is 127 Å². The SMILES string of the molecule is CC(C)(C)[Si](C)(C)OC[C@H]1O[C@@H](n2cnc3c(N[C@H]4c5c(cc6ccc7cccc8ccc5c6c78)[C@@H](O)[C@H](O)[C@H]4O)ncnc32)C[C@@H]1O[Si](C)(C)C(C)(C)C. The molecule has 2 aliphatic rings. The Hall–Kier alpha value is -3.54. The summed E-state index contributed by atoms with van der Waals surface area (Å²) in [6.07, 6.45) is -1.09. The Labute approximate surface area is 324 Å². The number of fused-ring (bicyclic) bond motifs is 3. The highest BCUT2D eigenvalue weighted by Crippen LogP contribution is 2.47. The fourth-order valence-electron chi connectivity index (χ4n) is 7.87. The quantitative estimate of drug-likeness (QED) is 0.0879. The Morgan fingerprint density at radius 3 is 2.20 bits per heavy atom. The first kappa shape index (κ1) is 38.3. The van der Waals surface area contributed by atoms with E-state index in [1.165, 1.54) is 6.33 Å².